The molecule has 13 aromatic rings. The lowest BCUT2D eigenvalue weighted by Gasteiger charge is -2.26. The van der Waals surface area contributed by atoms with Crippen molar-refractivity contribution >= 4 is 82.9 Å². The van der Waals surface area contributed by atoms with Crippen LogP contribution in [0.25, 0.3) is 110 Å². The van der Waals surface area contributed by atoms with Gasteiger partial charge in [-0.2, -0.15) is 0 Å². The molecule has 0 saturated heterocycles. The molecular weight excluding hydrogens is 783 g/mol. The van der Waals surface area contributed by atoms with Gasteiger partial charge in [0.25, 0.3) is 0 Å². The summed E-state index contributed by atoms with van der Waals surface area (Å²) in [6.07, 6.45) is 0. The summed E-state index contributed by atoms with van der Waals surface area (Å²) in [5.74, 6) is 0. The van der Waals surface area contributed by atoms with Crippen LogP contribution < -0.4 is 4.90 Å². The zero-order valence-electron chi connectivity index (χ0n) is 34.5. The number of anilines is 3. The van der Waals surface area contributed by atoms with Crippen molar-refractivity contribution in [3.63, 3.8) is 0 Å². The fourth-order valence-corrected chi connectivity index (χ4v) is 9.72. The van der Waals surface area contributed by atoms with Crippen LogP contribution in [-0.2, 0) is 0 Å². The Morgan fingerprint density at radius 1 is 0.219 bits per heavy atom. The van der Waals surface area contributed by atoms with Crippen LogP contribution >= 0.6 is 0 Å². The molecule has 0 aliphatic carbocycles. The molecule has 64 heavy (non-hydrogen) atoms. The van der Waals surface area contributed by atoms with Crippen LogP contribution in [-0.4, -0.2) is 0 Å². The number of hydrogen-bond donors (Lipinski definition) is 0. The Hall–Kier alpha value is -8.60. The van der Waals surface area contributed by atoms with Gasteiger partial charge in [0.2, 0.25) is 0 Å². The predicted molar refractivity (Wildman–Crippen MR) is 265 cm³/mol. The molecule has 4 heteroatoms. The molecule has 10 aromatic carbocycles. The molecule has 0 saturated carbocycles. The highest BCUT2D eigenvalue weighted by molar-refractivity contribution is 6.14. The van der Waals surface area contributed by atoms with Crippen molar-refractivity contribution in [3.05, 3.63) is 224 Å². The summed E-state index contributed by atoms with van der Waals surface area (Å²) in [5.41, 5.74) is 17.7. The lowest BCUT2D eigenvalue weighted by Crippen LogP contribution is -2.09. The molecule has 0 aliphatic rings. The second kappa shape index (κ2) is 14.5. The maximum absolute atomic E-state index is 6.25. The molecule has 0 spiro atoms. The van der Waals surface area contributed by atoms with Gasteiger partial charge in [-0.05, 0) is 117 Å². The van der Waals surface area contributed by atoms with E-state index >= 15 is 0 Å². The van der Waals surface area contributed by atoms with E-state index in [9.17, 15) is 0 Å². The minimum Gasteiger partial charge on any atom is -0.456 e. The molecule has 0 radical (unpaired) electrons. The SMILES string of the molecule is c1ccc2c(c1)oc1cccc(-c3ccc(-c4ccc(N(c5ccc(-c6cccc7oc8ccccc8c67)cc5)c5ccc(-c6cccc7oc8ccccc8c67)cc5)cc4)cc3)c12. The van der Waals surface area contributed by atoms with Gasteiger partial charge in [0.1, 0.15) is 33.5 Å². The van der Waals surface area contributed by atoms with Crippen molar-refractivity contribution in [2.24, 2.45) is 0 Å². The van der Waals surface area contributed by atoms with Crippen molar-refractivity contribution in [2.45, 2.75) is 0 Å². The molecule has 3 heterocycles. The normalized spacial score (nSPS) is 11.8. The van der Waals surface area contributed by atoms with Gasteiger partial charge in [-0.15, -0.1) is 0 Å². The third-order valence-corrected chi connectivity index (χ3v) is 12.7. The van der Waals surface area contributed by atoms with Crippen LogP contribution in [0.1, 0.15) is 0 Å². The smallest absolute Gasteiger partial charge is 0.136 e. The second-order valence-corrected chi connectivity index (χ2v) is 16.4. The molecule has 4 nitrogen and oxygen atoms in total. The minimum absolute atomic E-state index is 0.891. The van der Waals surface area contributed by atoms with E-state index in [-0.39, 0.29) is 0 Å². The van der Waals surface area contributed by atoms with E-state index in [1.807, 2.05) is 42.5 Å². The molecule has 0 unspecified atom stereocenters. The Bertz CT molecular complexity index is 3710. The Kier molecular flexibility index (Phi) is 8.18. The first-order valence-corrected chi connectivity index (χ1v) is 21.6. The quantitative estimate of drug-likeness (QED) is 0.161. The summed E-state index contributed by atoms with van der Waals surface area (Å²) in [6.45, 7) is 0. The molecular formula is C60H37NO3. The highest BCUT2D eigenvalue weighted by Crippen LogP contribution is 2.43. The van der Waals surface area contributed by atoms with Crippen LogP contribution in [0.5, 0.6) is 0 Å². The molecule has 0 aliphatic heterocycles. The first-order valence-electron chi connectivity index (χ1n) is 21.6. The summed E-state index contributed by atoms with van der Waals surface area (Å²) in [6, 6.07) is 79.3. The van der Waals surface area contributed by atoms with Gasteiger partial charge in [0.15, 0.2) is 0 Å². The molecule has 0 bridgehead atoms. The monoisotopic (exact) mass is 819 g/mol. The Morgan fingerprint density at radius 2 is 0.484 bits per heavy atom. The van der Waals surface area contributed by atoms with E-state index in [2.05, 4.69) is 187 Å². The molecule has 3 aromatic heterocycles. The van der Waals surface area contributed by atoms with Crippen molar-refractivity contribution in [3.8, 4) is 44.5 Å². The topological polar surface area (TPSA) is 42.7 Å². The summed E-state index contributed by atoms with van der Waals surface area (Å²) >= 11 is 0. The summed E-state index contributed by atoms with van der Waals surface area (Å²) < 4.78 is 18.7. The van der Waals surface area contributed by atoms with Crippen LogP contribution in [0.15, 0.2) is 238 Å². The first-order chi connectivity index (χ1) is 31.7. The van der Waals surface area contributed by atoms with Crippen LogP contribution in [0.4, 0.5) is 17.1 Å². The first kappa shape index (κ1) is 36.1. The van der Waals surface area contributed by atoms with E-state index in [1.54, 1.807) is 0 Å². The Labute approximate surface area is 368 Å². The molecule has 0 amide bonds. The fraction of sp³-hybridized carbons (Fsp3) is 0. The zero-order chi connectivity index (χ0) is 42.1. The molecule has 0 fully saturated rings. The standard InChI is InChI=1S/C60H37NO3/c1-4-16-52-49(10-1)58-46(13-7-19-55(58)62-52)40-24-22-38(23-25-40)39-26-32-43(33-27-39)61(44-34-28-41(29-35-44)47-14-8-20-56-59(47)50-11-2-5-17-53(50)63-56)45-36-30-42(31-37-45)48-15-9-21-57-60(48)51-12-3-6-18-54(51)64-57/h1-37H. The maximum atomic E-state index is 6.25. The number of hydrogen-bond acceptors (Lipinski definition) is 4. The second-order valence-electron chi connectivity index (χ2n) is 16.4. The molecule has 0 atom stereocenters. The zero-order valence-corrected chi connectivity index (χ0v) is 34.5. The number of fused-ring (bicyclic) bond motifs is 9. The van der Waals surface area contributed by atoms with Gasteiger partial charge in [0, 0.05) is 49.4 Å². The van der Waals surface area contributed by atoms with E-state index < -0.39 is 0 Å². The van der Waals surface area contributed by atoms with E-state index in [0.717, 1.165) is 122 Å². The van der Waals surface area contributed by atoms with Crippen molar-refractivity contribution < 1.29 is 13.3 Å². The summed E-state index contributed by atoms with van der Waals surface area (Å²) in [4.78, 5) is 2.33. The van der Waals surface area contributed by atoms with E-state index in [0.29, 0.717) is 0 Å². The largest absolute Gasteiger partial charge is 0.456 e. The van der Waals surface area contributed by atoms with Gasteiger partial charge in [-0.1, -0.05) is 152 Å². The number of benzene rings is 10. The molecule has 300 valence electrons. The van der Waals surface area contributed by atoms with Gasteiger partial charge in [-0.3, -0.25) is 0 Å². The van der Waals surface area contributed by atoms with Crippen LogP contribution in [0.2, 0.25) is 0 Å². The highest BCUT2D eigenvalue weighted by atomic mass is 16.3. The minimum atomic E-state index is 0.891. The predicted octanol–water partition coefficient (Wildman–Crippen LogP) is 17.5. The van der Waals surface area contributed by atoms with Gasteiger partial charge in [-0.25, -0.2) is 0 Å². The third-order valence-electron chi connectivity index (χ3n) is 12.7. The number of rotatable bonds is 7. The molecule has 13 rings (SSSR count). The molecule has 0 N–H and O–H groups in total. The number of nitrogens with zero attached hydrogens (tertiary/aromatic N) is 1. The average molecular weight is 820 g/mol. The Morgan fingerprint density at radius 3 is 0.828 bits per heavy atom. The fourth-order valence-electron chi connectivity index (χ4n) is 9.72. The highest BCUT2D eigenvalue weighted by Gasteiger charge is 2.18. The van der Waals surface area contributed by atoms with Gasteiger partial charge < -0.3 is 18.2 Å². The van der Waals surface area contributed by atoms with Crippen molar-refractivity contribution in [1.82, 2.24) is 0 Å². The summed E-state index contributed by atoms with van der Waals surface area (Å²) in [7, 11) is 0. The maximum Gasteiger partial charge on any atom is 0.136 e. The van der Waals surface area contributed by atoms with Gasteiger partial charge in [0.05, 0.1) is 0 Å². The van der Waals surface area contributed by atoms with Crippen LogP contribution in [0, 0.1) is 0 Å². The lowest BCUT2D eigenvalue weighted by molar-refractivity contribution is 0.668. The average Bonchev–Trinajstić information content (AvgIpc) is 4.06. The van der Waals surface area contributed by atoms with E-state index in [4.69, 9.17) is 13.3 Å². The number of para-hydroxylation sites is 3. The lowest BCUT2D eigenvalue weighted by atomic mass is 9.96. The Balaban J connectivity index is 0.875. The van der Waals surface area contributed by atoms with Crippen molar-refractivity contribution in [2.75, 3.05) is 4.90 Å². The third kappa shape index (κ3) is 5.84. The van der Waals surface area contributed by atoms with E-state index in [1.165, 1.54) is 5.56 Å². The number of furan rings is 3. The van der Waals surface area contributed by atoms with Crippen LogP contribution in [0.3, 0.4) is 0 Å². The van der Waals surface area contributed by atoms with Gasteiger partial charge >= 0.3 is 0 Å². The van der Waals surface area contributed by atoms with Crippen molar-refractivity contribution in [1.29, 1.82) is 0 Å². The summed E-state index contributed by atoms with van der Waals surface area (Å²) in [5, 5.41) is 6.79.